The number of nitriles is 1. The lowest BCUT2D eigenvalue weighted by atomic mass is 9.99. The fourth-order valence-corrected chi connectivity index (χ4v) is 5.06. The molecule has 0 amide bonds. The van der Waals surface area contributed by atoms with Crippen LogP contribution in [-0.2, 0) is 6.54 Å². The summed E-state index contributed by atoms with van der Waals surface area (Å²) in [4.78, 5) is 2.44. The van der Waals surface area contributed by atoms with Crippen LogP contribution in [0.15, 0.2) is 64.8 Å². The Morgan fingerprint density at radius 2 is 1.79 bits per heavy atom. The zero-order valence-corrected chi connectivity index (χ0v) is 19.2. The van der Waals surface area contributed by atoms with Crippen molar-refractivity contribution in [2.45, 2.75) is 32.2 Å². The smallest absolute Gasteiger partial charge is 0.278 e. The highest BCUT2D eigenvalue weighted by molar-refractivity contribution is 8.00. The van der Waals surface area contributed by atoms with Crippen LogP contribution in [0.4, 0.5) is 14.5 Å². The second kappa shape index (κ2) is 11.4. The van der Waals surface area contributed by atoms with Crippen LogP contribution >= 0.6 is 11.9 Å². The molecule has 0 radical (unpaired) electrons. The highest BCUT2D eigenvalue weighted by atomic mass is 32.2. The summed E-state index contributed by atoms with van der Waals surface area (Å²) in [7, 11) is 0. The number of alkyl halides is 2. The molecule has 2 aliphatic rings. The van der Waals surface area contributed by atoms with Gasteiger partial charge in [-0.3, -0.25) is 0 Å². The Morgan fingerprint density at radius 1 is 1.06 bits per heavy atom. The molecule has 33 heavy (non-hydrogen) atoms. The Bertz CT molecular complexity index is 1010. The van der Waals surface area contributed by atoms with E-state index in [9.17, 15) is 8.78 Å². The van der Waals surface area contributed by atoms with E-state index in [-0.39, 0.29) is 18.1 Å². The van der Waals surface area contributed by atoms with Gasteiger partial charge in [-0.05, 0) is 61.1 Å². The molecular weight excluding hydrogens is 440 g/mol. The molecule has 0 N–H and O–H groups in total. The summed E-state index contributed by atoms with van der Waals surface area (Å²) in [5.41, 5.74) is 3.53. The van der Waals surface area contributed by atoms with Gasteiger partial charge in [-0.1, -0.05) is 42.5 Å². The number of halogens is 2. The van der Waals surface area contributed by atoms with E-state index in [4.69, 9.17) is 5.26 Å². The van der Waals surface area contributed by atoms with Gasteiger partial charge in [0, 0.05) is 30.3 Å². The molecular formula is C25H27F2N5S. The summed E-state index contributed by atoms with van der Waals surface area (Å²) in [6, 6.07) is 20.6. The van der Waals surface area contributed by atoms with Crippen LogP contribution in [0.25, 0.3) is 0 Å². The predicted molar refractivity (Wildman–Crippen MR) is 131 cm³/mol. The molecule has 0 aliphatic carbocycles. The molecule has 1 fully saturated rings. The van der Waals surface area contributed by atoms with E-state index in [1.54, 1.807) is 11.9 Å². The molecule has 0 saturated carbocycles. The zero-order valence-electron chi connectivity index (χ0n) is 18.4. The van der Waals surface area contributed by atoms with Gasteiger partial charge in [0.25, 0.3) is 6.43 Å². The molecule has 0 bridgehead atoms. The van der Waals surface area contributed by atoms with E-state index in [2.05, 4.69) is 37.6 Å². The molecule has 0 aromatic heterocycles. The number of benzene rings is 2. The van der Waals surface area contributed by atoms with Gasteiger partial charge >= 0.3 is 0 Å². The number of hydrogen-bond acceptors (Lipinski definition) is 6. The van der Waals surface area contributed by atoms with E-state index in [0.29, 0.717) is 5.71 Å². The van der Waals surface area contributed by atoms with Crippen molar-refractivity contribution in [1.82, 2.24) is 4.90 Å². The molecule has 8 heteroatoms. The number of likely N-dealkylation sites (tertiary alicyclic amines) is 1. The maximum atomic E-state index is 12.8. The van der Waals surface area contributed by atoms with Crippen LogP contribution in [0, 0.1) is 17.2 Å². The van der Waals surface area contributed by atoms with Crippen LogP contribution < -0.4 is 4.31 Å². The van der Waals surface area contributed by atoms with Crippen molar-refractivity contribution >= 4 is 29.1 Å². The minimum absolute atomic E-state index is 0.106. The molecule has 5 nitrogen and oxygen atoms in total. The molecule has 2 aromatic rings. The lowest BCUT2D eigenvalue weighted by Gasteiger charge is -2.30. The molecule has 0 atom stereocenters. The average molecular weight is 468 g/mol. The molecule has 0 unspecified atom stereocenters. The van der Waals surface area contributed by atoms with Crippen LogP contribution in [0.2, 0.25) is 0 Å². The number of hydrogen-bond donors (Lipinski definition) is 0. The highest BCUT2D eigenvalue weighted by Gasteiger charge is 2.22. The summed E-state index contributed by atoms with van der Waals surface area (Å²) >= 11 is 1.80. The minimum atomic E-state index is -2.56. The van der Waals surface area contributed by atoms with Crippen LogP contribution in [0.5, 0.6) is 0 Å². The van der Waals surface area contributed by atoms with Crippen molar-refractivity contribution in [1.29, 1.82) is 5.26 Å². The van der Waals surface area contributed by atoms with Gasteiger partial charge < -0.3 is 9.21 Å². The van der Waals surface area contributed by atoms with Crippen LogP contribution in [-0.4, -0.2) is 48.1 Å². The van der Waals surface area contributed by atoms with Crippen molar-refractivity contribution in [3.63, 3.8) is 0 Å². The van der Waals surface area contributed by atoms with Gasteiger partial charge in [0.15, 0.2) is 0 Å². The lowest BCUT2D eigenvalue weighted by Crippen LogP contribution is -2.35. The van der Waals surface area contributed by atoms with E-state index in [0.717, 1.165) is 61.6 Å². The minimum Gasteiger partial charge on any atom is -0.312 e. The van der Waals surface area contributed by atoms with Crippen molar-refractivity contribution in [3.8, 4) is 6.07 Å². The van der Waals surface area contributed by atoms with Gasteiger partial charge in [0.05, 0.1) is 18.3 Å². The molecule has 0 spiro atoms. The van der Waals surface area contributed by atoms with E-state index in [1.165, 1.54) is 0 Å². The summed E-state index contributed by atoms with van der Waals surface area (Å²) in [6.07, 6.45) is -0.523. The fraction of sp³-hybridized carbons (Fsp3) is 0.400. The third-order valence-electron chi connectivity index (χ3n) is 5.98. The van der Waals surface area contributed by atoms with Crippen molar-refractivity contribution in [2.75, 3.05) is 29.7 Å². The van der Waals surface area contributed by atoms with Gasteiger partial charge in [-0.2, -0.15) is 15.5 Å². The first-order valence-corrected chi connectivity index (χ1v) is 12.1. The van der Waals surface area contributed by atoms with E-state index >= 15 is 0 Å². The number of rotatable bonds is 9. The first-order valence-electron chi connectivity index (χ1n) is 11.2. The fourth-order valence-electron chi connectivity index (χ4n) is 3.99. The number of nitrogens with zero attached hydrogens (tertiary/aromatic N) is 5. The summed E-state index contributed by atoms with van der Waals surface area (Å²) in [5, 5.41) is 16.6. The summed E-state index contributed by atoms with van der Waals surface area (Å²) < 4.78 is 27.9. The topological polar surface area (TPSA) is 55.0 Å². The lowest BCUT2D eigenvalue weighted by molar-refractivity contribution is 0.217. The van der Waals surface area contributed by atoms with Crippen LogP contribution in [0.3, 0.4) is 0 Å². The Kier molecular flexibility index (Phi) is 8.08. The average Bonchev–Trinajstić information content (AvgIpc) is 3.36. The van der Waals surface area contributed by atoms with Crippen molar-refractivity contribution in [3.05, 3.63) is 65.7 Å². The quantitative estimate of drug-likeness (QED) is 0.464. The third kappa shape index (κ3) is 6.40. The molecule has 4 rings (SSSR count). The first-order chi connectivity index (χ1) is 16.1. The van der Waals surface area contributed by atoms with E-state index in [1.807, 2.05) is 42.5 Å². The predicted octanol–water partition coefficient (Wildman–Crippen LogP) is 5.39. The molecule has 2 aromatic carbocycles. The SMILES string of the molecule is N#CC1CCN(CCSN(Cc2ccc(C3=NN=C(C(F)F)C3)cc2)c2ccccc2)CC1. The molecule has 172 valence electrons. The number of piperidine rings is 1. The molecule has 1 saturated heterocycles. The van der Waals surface area contributed by atoms with Crippen molar-refractivity contribution in [2.24, 2.45) is 16.1 Å². The van der Waals surface area contributed by atoms with Gasteiger partial charge in [-0.15, -0.1) is 0 Å². The standard InChI is InChI=1S/C25H27F2N5S/c26-25(27)24-16-23(29-30-24)21-8-6-20(7-9-21)18-32(22-4-2-1-3-5-22)33-15-14-31-12-10-19(17-28)11-13-31/h1-9,19,25H,10-16,18H2. The number of anilines is 1. The summed E-state index contributed by atoms with van der Waals surface area (Å²) in [6.45, 7) is 3.72. The largest absolute Gasteiger partial charge is 0.312 e. The Balaban J connectivity index is 1.35. The normalized spacial score (nSPS) is 17.0. The van der Waals surface area contributed by atoms with Crippen LogP contribution in [0.1, 0.15) is 30.4 Å². The number of para-hydroxylation sites is 1. The van der Waals surface area contributed by atoms with Gasteiger partial charge in [0.2, 0.25) is 0 Å². The maximum absolute atomic E-state index is 12.8. The molecule has 2 aliphatic heterocycles. The first kappa shape index (κ1) is 23.4. The Labute approximate surface area is 197 Å². The van der Waals surface area contributed by atoms with E-state index < -0.39 is 6.43 Å². The maximum Gasteiger partial charge on any atom is 0.278 e. The Hall–Kier alpha value is -2.76. The van der Waals surface area contributed by atoms with Gasteiger partial charge in [-0.25, -0.2) is 8.78 Å². The monoisotopic (exact) mass is 467 g/mol. The van der Waals surface area contributed by atoms with Crippen molar-refractivity contribution < 1.29 is 8.78 Å². The van der Waals surface area contributed by atoms with Gasteiger partial charge in [0.1, 0.15) is 5.71 Å². The zero-order chi connectivity index (χ0) is 23.0. The summed E-state index contributed by atoms with van der Waals surface area (Å²) in [5.74, 6) is 1.18. The Morgan fingerprint density at radius 3 is 2.42 bits per heavy atom. The second-order valence-electron chi connectivity index (χ2n) is 8.26. The molecule has 2 heterocycles. The highest BCUT2D eigenvalue weighted by Crippen LogP contribution is 2.26. The third-order valence-corrected chi connectivity index (χ3v) is 7.00. The second-order valence-corrected chi connectivity index (χ2v) is 9.37.